The molecule has 3 aromatic rings. The van der Waals surface area contributed by atoms with E-state index in [1.165, 1.54) is 0 Å². The number of carbonyl (C=O) groups is 2. The van der Waals surface area contributed by atoms with Crippen molar-refractivity contribution in [3.05, 3.63) is 82.5 Å². The normalized spacial score (nSPS) is 15.7. The van der Waals surface area contributed by atoms with Gasteiger partial charge in [-0.2, -0.15) is 5.10 Å². The van der Waals surface area contributed by atoms with E-state index in [2.05, 4.69) is 10.4 Å². The molecule has 27 heavy (non-hydrogen) atoms. The molecular weight excluding hydrogens is 366 g/mol. The lowest BCUT2D eigenvalue weighted by molar-refractivity contribution is -0.125. The summed E-state index contributed by atoms with van der Waals surface area (Å²) in [6.07, 6.45) is 1.08. The van der Waals surface area contributed by atoms with E-state index >= 15 is 0 Å². The number of halogens is 1. The molecule has 0 radical (unpaired) electrons. The minimum atomic E-state index is -0.869. The third-order valence-electron chi connectivity index (χ3n) is 4.40. The lowest BCUT2D eigenvalue weighted by atomic mass is 9.98. The number of cyclic esters (lactones) is 1. The van der Waals surface area contributed by atoms with Crippen molar-refractivity contribution in [2.75, 3.05) is 5.32 Å². The van der Waals surface area contributed by atoms with Crippen LogP contribution in [0.2, 0.25) is 5.02 Å². The second kappa shape index (κ2) is 7.25. The molecule has 0 saturated carbocycles. The number of benzene rings is 2. The van der Waals surface area contributed by atoms with Gasteiger partial charge in [0.05, 0.1) is 18.3 Å². The van der Waals surface area contributed by atoms with Crippen LogP contribution < -0.4 is 5.32 Å². The molecule has 0 bridgehead atoms. The summed E-state index contributed by atoms with van der Waals surface area (Å²) in [6, 6.07) is 16.3. The molecule has 0 fully saturated rings. The molecule has 136 valence electrons. The summed E-state index contributed by atoms with van der Waals surface area (Å²) in [4.78, 5) is 24.7. The lowest BCUT2D eigenvalue weighted by Gasteiger charge is -2.23. The van der Waals surface area contributed by atoms with Gasteiger partial charge in [0.15, 0.2) is 6.10 Å². The Morgan fingerprint density at radius 1 is 1.19 bits per heavy atom. The van der Waals surface area contributed by atoms with E-state index in [0.717, 1.165) is 11.1 Å². The Morgan fingerprint density at radius 3 is 2.78 bits per heavy atom. The Morgan fingerprint density at radius 2 is 1.96 bits per heavy atom. The van der Waals surface area contributed by atoms with Crippen molar-refractivity contribution in [2.24, 2.45) is 0 Å². The summed E-state index contributed by atoms with van der Waals surface area (Å²) in [7, 11) is 0. The Balaban J connectivity index is 1.47. The van der Waals surface area contributed by atoms with Gasteiger partial charge in [0, 0.05) is 17.5 Å². The summed E-state index contributed by atoms with van der Waals surface area (Å²) >= 11 is 5.91. The average molecular weight is 382 g/mol. The van der Waals surface area contributed by atoms with Crippen LogP contribution in [0.1, 0.15) is 21.5 Å². The van der Waals surface area contributed by atoms with Crippen LogP contribution in [-0.4, -0.2) is 27.8 Å². The van der Waals surface area contributed by atoms with Crippen LogP contribution in [0.4, 0.5) is 5.82 Å². The van der Waals surface area contributed by atoms with Crippen molar-refractivity contribution in [1.29, 1.82) is 0 Å². The maximum atomic E-state index is 12.6. The Bertz CT molecular complexity index is 998. The largest absolute Gasteiger partial charge is 0.448 e. The zero-order chi connectivity index (χ0) is 18.8. The predicted molar refractivity (Wildman–Crippen MR) is 101 cm³/mol. The number of anilines is 1. The number of hydrogen-bond donors (Lipinski definition) is 1. The highest BCUT2D eigenvalue weighted by Gasteiger charge is 2.31. The number of aromatic nitrogens is 2. The molecule has 1 aromatic heterocycles. The van der Waals surface area contributed by atoms with E-state index < -0.39 is 12.1 Å². The van der Waals surface area contributed by atoms with Crippen molar-refractivity contribution in [3.8, 4) is 0 Å². The first kappa shape index (κ1) is 17.3. The van der Waals surface area contributed by atoms with E-state index in [4.69, 9.17) is 16.3 Å². The lowest BCUT2D eigenvalue weighted by Crippen LogP contribution is -2.38. The highest BCUT2D eigenvalue weighted by atomic mass is 35.5. The zero-order valence-corrected chi connectivity index (χ0v) is 15.0. The summed E-state index contributed by atoms with van der Waals surface area (Å²) in [5.74, 6) is -0.327. The summed E-state index contributed by atoms with van der Waals surface area (Å²) in [5.41, 5.74) is 2.31. The van der Waals surface area contributed by atoms with Crippen molar-refractivity contribution in [2.45, 2.75) is 19.1 Å². The standard InChI is InChI=1S/C20H16ClN3O3/c21-15-7-5-13(6-8-15)12-24-18(9-10-22-24)23-19(25)17-11-14-3-1-2-4-16(14)20(26)27-17/h1-10,17H,11-12H2,(H,23,25). The van der Waals surface area contributed by atoms with Crippen molar-refractivity contribution < 1.29 is 14.3 Å². The molecule has 1 unspecified atom stereocenters. The Labute approximate surface area is 160 Å². The molecule has 7 heteroatoms. The first-order valence-electron chi connectivity index (χ1n) is 8.46. The average Bonchev–Trinajstić information content (AvgIpc) is 3.10. The molecule has 1 atom stereocenters. The van der Waals surface area contributed by atoms with Gasteiger partial charge in [0.25, 0.3) is 5.91 Å². The van der Waals surface area contributed by atoms with Gasteiger partial charge in [-0.05, 0) is 29.3 Å². The van der Waals surface area contributed by atoms with Crippen LogP contribution in [0.25, 0.3) is 0 Å². The fourth-order valence-corrected chi connectivity index (χ4v) is 3.14. The molecule has 0 aliphatic carbocycles. The maximum Gasteiger partial charge on any atom is 0.339 e. The number of nitrogens with one attached hydrogen (secondary N) is 1. The van der Waals surface area contributed by atoms with E-state index in [1.54, 1.807) is 41.2 Å². The second-order valence-corrected chi connectivity index (χ2v) is 6.68. The minimum Gasteiger partial charge on any atom is -0.448 e. The number of hydrogen-bond acceptors (Lipinski definition) is 4. The molecule has 2 heterocycles. The van der Waals surface area contributed by atoms with Crippen LogP contribution in [0.3, 0.4) is 0 Å². The monoisotopic (exact) mass is 381 g/mol. The molecule has 4 rings (SSSR count). The molecule has 0 saturated heterocycles. The Kier molecular flexibility index (Phi) is 4.64. The number of nitrogens with zero attached hydrogens (tertiary/aromatic N) is 2. The first-order valence-corrected chi connectivity index (χ1v) is 8.84. The predicted octanol–water partition coefficient (Wildman–Crippen LogP) is 3.31. The highest BCUT2D eigenvalue weighted by Crippen LogP contribution is 2.22. The molecular formula is C20H16ClN3O3. The summed E-state index contributed by atoms with van der Waals surface area (Å²) in [6.45, 7) is 0.479. The van der Waals surface area contributed by atoms with Crippen LogP contribution in [0, 0.1) is 0 Å². The Hall–Kier alpha value is -3.12. The van der Waals surface area contributed by atoms with Crippen molar-refractivity contribution in [3.63, 3.8) is 0 Å². The fraction of sp³-hybridized carbons (Fsp3) is 0.150. The summed E-state index contributed by atoms with van der Waals surface area (Å²) < 4.78 is 6.97. The number of ether oxygens (including phenoxy) is 1. The van der Waals surface area contributed by atoms with Crippen molar-refractivity contribution in [1.82, 2.24) is 9.78 Å². The number of carbonyl (C=O) groups excluding carboxylic acids is 2. The zero-order valence-electron chi connectivity index (χ0n) is 14.3. The fourth-order valence-electron chi connectivity index (χ4n) is 3.01. The molecule has 1 aliphatic rings. The second-order valence-electron chi connectivity index (χ2n) is 6.25. The minimum absolute atomic E-state index is 0.346. The quantitative estimate of drug-likeness (QED) is 0.704. The van der Waals surface area contributed by atoms with E-state index in [1.807, 2.05) is 24.3 Å². The van der Waals surface area contributed by atoms with Gasteiger partial charge >= 0.3 is 5.97 Å². The SMILES string of the molecule is O=C1OC(C(=O)Nc2ccnn2Cc2ccc(Cl)cc2)Cc2ccccc21. The topological polar surface area (TPSA) is 73.2 Å². The van der Waals surface area contributed by atoms with Gasteiger partial charge in [0.2, 0.25) is 0 Å². The maximum absolute atomic E-state index is 12.6. The first-order chi connectivity index (χ1) is 13.1. The number of amides is 1. The van der Waals surface area contributed by atoms with Crippen LogP contribution in [0.5, 0.6) is 0 Å². The van der Waals surface area contributed by atoms with Gasteiger partial charge < -0.3 is 10.1 Å². The summed E-state index contributed by atoms with van der Waals surface area (Å²) in [5, 5.41) is 7.71. The molecule has 6 nitrogen and oxygen atoms in total. The van der Waals surface area contributed by atoms with Crippen LogP contribution >= 0.6 is 11.6 Å². The highest BCUT2D eigenvalue weighted by molar-refractivity contribution is 6.30. The van der Waals surface area contributed by atoms with Gasteiger partial charge in [-0.1, -0.05) is 41.9 Å². The molecule has 0 spiro atoms. The van der Waals surface area contributed by atoms with Crippen LogP contribution in [-0.2, 0) is 22.5 Å². The van der Waals surface area contributed by atoms with Gasteiger partial charge in [-0.3, -0.25) is 4.79 Å². The third kappa shape index (κ3) is 3.71. The van der Waals surface area contributed by atoms with E-state index in [9.17, 15) is 9.59 Å². The third-order valence-corrected chi connectivity index (χ3v) is 4.65. The smallest absolute Gasteiger partial charge is 0.339 e. The number of esters is 1. The van der Waals surface area contributed by atoms with Crippen molar-refractivity contribution >= 4 is 29.3 Å². The number of rotatable bonds is 4. The number of fused-ring (bicyclic) bond motifs is 1. The molecule has 2 aromatic carbocycles. The van der Waals surface area contributed by atoms with E-state index in [-0.39, 0.29) is 5.91 Å². The van der Waals surface area contributed by atoms with Gasteiger partial charge in [-0.15, -0.1) is 0 Å². The molecule has 1 amide bonds. The van der Waals surface area contributed by atoms with Crippen LogP contribution in [0.15, 0.2) is 60.8 Å². The molecule has 1 N–H and O–H groups in total. The van der Waals surface area contributed by atoms with E-state index in [0.29, 0.717) is 29.4 Å². The van der Waals surface area contributed by atoms with Gasteiger partial charge in [-0.25, -0.2) is 9.48 Å². The van der Waals surface area contributed by atoms with Gasteiger partial charge in [0.1, 0.15) is 5.82 Å². The molecule has 1 aliphatic heterocycles.